The molecule has 4 nitrogen and oxygen atoms in total. The average molecular weight is 392 g/mol. The van der Waals surface area contributed by atoms with Crippen molar-refractivity contribution in [1.82, 2.24) is 9.80 Å². The molecule has 0 radical (unpaired) electrons. The molecule has 2 aromatic rings. The highest BCUT2D eigenvalue weighted by Gasteiger charge is 2.45. The minimum atomic E-state index is -4.88. The molecular formula is C21H23F3N2O2. The number of amides is 2. The van der Waals surface area contributed by atoms with Crippen molar-refractivity contribution in [3.8, 4) is 0 Å². The standard InChI is InChI=1S/C21H23F3N2O2/c1-2-3-11-26(18-10-12-25(14-18)20(28)21(22,23)24)19(27)17-9-8-15-6-4-5-7-16(15)13-17/h4-9,13,18H,2-3,10-12,14H2,1H3. The van der Waals surface area contributed by atoms with Gasteiger partial charge in [-0.3, -0.25) is 9.59 Å². The first-order chi connectivity index (χ1) is 13.3. The van der Waals surface area contributed by atoms with Crippen molar-refractivity contribution in [3.63, 3.8) is 0 Å². The predicted octanol–water partition coefficient (Wildman–Crippen LogP) is 4.25. The average Bonchev–Trinajstić information content (AvgIpc) is 3.16. The van der Waals surface area contributed by atoms with E-state index >= 15 is 0 Å². The zero-order valence-electron chi connectivity index (χ0n) is 15.7. The summed E-state index contributed by atoms with van der Waals surface area (Å²) in [7, 11) is 0. The van der Waals surface area contributed by atoms with Gasteiger partial charge in [-0.2, -0.15) is 13.2 Å². The Morgan fingerprint density at radius 3 is 2.54 bits per heavy atom. The first kappa shape index (κ1) is 20.2. The zero-order chi connectivity index (χ0) is 20.3. The summed E-state index contributed by atoms with van der Waals surface area (Å²) in [5.41, 5.74) is 0.510. The molecule has 1 heterocycles. The van der Waals surface area contributed by atoms with E-state index in [1.807, 2.05) is 43.3 Å². The van der Waals surface area contributed by atoms with E-state index in [1.54, 1.807) is 11.0 Å². The van der Waals surface area contributed by atoms with E-state index in [4.69, 9.17) is 0 Å². The number of likely N-dealkylation sites (tertiary alicyclic amines) is 1. The molecule has 28 heavy (non-hydrogen) atoms. The van der Waals surface area contributed by atoms with Gasteiger partial charge in [0.05, 0.1) is 6.04 Å². The SMILES string of the molecule is CCCCN(C(=O)c1ccc2ccccc2c1)C1CCN(C(=O)C(F)(F)F)C1. The second-order valence-corrected chi connectivity index (χ2v) is 7.11. The molecule has 1 fully saturated rings. The predicted molar refractivity (Wildman–Crippen MR) is 101 cm³/mol. The van der Waals surface area contributed by atoms with Gasteiger partial charge in [0.25, 0.3) is 5.91 Å². The van der Waals surface area contributed by atoms with Crippen LogP contribution < -0.4 is 0 Å². The number of benzene rings is 2. The van der Waals surface area contributed by atoms with Crippen LogP contribution in [0.15, 0.2) is 42.5 Å². The maximum Gasteiger partial charge on any atom is 0.471 e. The lowest BCUT2D eigenvalue weighted by Gasteiger charge is -2.29. The Morgan fingerprint density at radius 1 is 1.14 bits per heavy atom. The Morgan fingerprint density at radius 2 is 1.86 bits per heavy atom. The lowest BCUT2D eigenvalue weighted by atomic mass is 10.0. The van der Waals surface area contributed by atoms with Crippen LogP contribution in [0.1, 0.15) is 36.5 Å². The minimum Gasteiger partial charge on any atom is -0.334 e. The van der Waals surface area contributed by atoms with E-state index in [0.717, 1.165) is 28.5 Å². The molecular weight excluding hydrogens is 369 g/mol. The molecule has 1 unspecified atom stereocenters. The molecule has 0 aromatic heterocycles. The smallest absolute Gasteiger partial charge is 0.334 e. The molecule has 0 saturated carbocycles. The summed E-state index contributed by atoms with van der Waals surface area (Å²) in [6.07, 6.45) is -2.92. The maximum atomic E-state index is 13.2. The molecule has 0 bridgehead atoms. The van der Waals surface area contributed by atoms with Gasteiger partial charge in [-0.1, -0.05) is 43.7 Å². The minimum absolute atomic E-state index is 0.0106. The van der Waals surface area contributed by atoms with Gasteiger partial charge < -0.3 is 9.80 Å². The van der Waals surface area contributed by atoms with E-state index in [-0.39, 0.29) is 19.0 Å². The van der Waals surface area contributed by atoms with Gasteiger partial charge in [-0.05, 0) is 35.7 Å². The molecule has 1 aliphatic heterocycles. The number of halogens is 3. The zero-order valence-corrected chi connectivity index (χ0v) is 15.7. The Kier molecular flexibility index (Phi) is 5.91. The number of hydrogen-bond donors (Lipinski definition) is 0. The third-order valence-electron chi connectivity index (χ3n) is 5.14. The van der Waals surface area contributed by atoms with Crippen LogP contribution >= 0.6 is 0 Å². The van der Waals surface area contributed by atoms with Gasteiger partial charge in [0.2, 0.25) is 0 Å². The van der Waals surface area contributed by atoms with E-state index in [0.29, 0.717) is 18.5 Å². The van der Waals surface area contributed by atoms with Gasteiger partial charge >= 0.3 is 12.1 Å². The van der Waals surface area contributed by atoms with Crippen molar-refractivity contribution < 1.29 is 22.8 Å². The normalized spacial score (nSPS) is 17.1. The van der Waals surface area contributed by atoms with Crippen molar-refractivity contribution in [3.05, 3.63) is 48.0 Å². The maximum absolute atomic E-state index is 13.2. The summed E-state index contributed by atoms with van der Waals surface area (Å²) in [4.78, 5) is 27.1. The fraction of sp³-hybridized carbons (Fsp3) is 0.429. The molecule has 2 aromatic carbocycles. The Hall–Kier alpha value is -2.57. The Bertz CT molecular complexity index is 866. The summed E-state index contributed by atoms with van der Waals surface area (Å²) in [5, 5.41) is 1.95. The third kappa shape index (κ3) is 4.29. The number of unbranched alkanes of at least 4 members (excludes halogenated alkanes) is 1. The fourth-order valence-electron chi connectivity index (χ4n) is 3.63. The highest BCUT2D eigenvalue weighted by atomic mass is 19.4. The van der Waals surface area contributed by atoms with Crippen molar-refractivity contribution in [2.75, 3.05) is 19.6 Å². The van der Waals surface area contributed by atoms with Gasteiger partial charge in [0, 0.05) is 25.2 Å². The molecule has 3 rings (SSSR count). The number of fused-ring (bicyclic) bond motifs is 1. The lowest BCUT2D eigenvalue weighted by Crippen LogP contribution is -2.45. The summed E-state index contributed by atoms with van der Waals surface area (Å²) < 4.78 is 38.2. The molecule has 0 aliphatic carbocycles. The monoisotopic (exact) mass is 392 g/mol. The van der Waals surface area contributed by atoms with Crippen LogP contribution in [0.5, 0.6) is 0 Å². The third-order valence-corrected chi connectivity index (χ3v) is 5.14. The first-order valence-corrected chi connectivity index (χ1v) is 9.47. The molecule has 1 aliphatic rings. The molecule has 1 saturated heterocycles. The molecule has 7 heteroatoms. The Balaban J connectivity index is 1.81. The van der Waals surface area contributed by atoms with Gasteiger partial charge in [-0.15, -0.1) is 0 Å². The van der Waals surface area contributed by atoms with Crippen molar-refractivity contribution in [1.29, 1.82) is 0 Å². The van der Waals surface area contributed by atoms with Crippen molar-refractivity contribution >= 4 is 22.6 Å². The van der Waals surface area contributed by atoms with Crippen LogP contribution in [0, 0.1) is 0 Å². The Labute approximate surface area is 161 Å². The topological polar surface area (TPSA) is 40.6 Å². The van der Waals surface area contributed by atoms with Gasteiger partial charge in [0.15, 0.2) is 0 Å². The van der Waals surface area contributed by atoms with E-state index in [2.05, 4.69) is 0 Å². The number of carbonyl (C=O) groups is 2. The van der Waals surface area contributed by atoms with Crippen molar-refractivity contribution in [2.24, 2.45) is 0 Å². The summed E-state index contributed by atoms with van der Waals surface area (Å²) in [6.45, 7) is 2.38. The molecule has 150 valence electrons. The molecule has 0 N–H and O–H groups in total. The van der Waals surface area contributed by atoms with Crippen LogP contribution in [0.25, 0.3) is 10.8 Å². The highest BCUT2D eigenvalue weighted by Crippen LogP contribution is 2.25. The number of rotatable bonds is 5. The molecule has 2 amide bonds. The van der Waals surface area contributed by atoms with Crippen LogP contribution in [0.2, 0.25) is 0 Å². The van der Waals surface area contributed by atoms with E-state index in [9.17, 15) is 22.8 Å². The van der Waals surface area contributed by atoms with Crippen molar-refractivity contribution in [2.45, 2.75) is 38.4 Å². The lowest BCUT2D eigenvalue weighted by molar-refractivity contribution is -0.184. The number of hydrogen-bond acceptors (Lipinski definition) is 2. The molecule has 1 atom stereocenters. The summed E-state index contributed by atoms with van der Waals surface area (Å²) >= 11 is 0. The summed E-state index contributed by atoms with van der Waals surface area (Å²) in [5.74, 6) is -2.03. The quantitative estimate of drug-likeness (QED) is 0.764. The number of nitrogens with zero attached hydrogens (tertiary/aromatic N) is 2. The second kappa shape index (κ2) is 8.20. The van der Waals surface area contributed by atoms with Gasteiger partial charge in [-0.25, -0.2) is 0 Å². The second-order valence-electron chi connectivity index (χ2n) is 7.11. The van der Waals surface area contributed by atoms with Crippen LogP contribution in [-0.4, -0.2) is 53.5 Å². The highest BCUT2D eigenvalue weighted by molar-refractivity contribution is 5.98. The first-order valence-electron chi connectivity index (χ1n) is 9.47. The number of carbonyl (C=O) groups excluding carboxylic acids is 2. The summed E-state index contributed by atoms with van der Waals surface area (Å²) in [6, 6.07) is 12.7. The largest absolute Gasteiger partial charge is 0.471 e. The van der Waals surface area contributed by atoms with Gasteiger partial charge in [0.1, 0.15) is 0 Å². The van der Waals surface area contributed by atoms with Crippen LogP contribution in [-0.2, 0) is 4.79 Å². The van der Waals surface area contributed by atoms with E-state index in [1.165, 1.54) is 0 Å². The van der Waals surface area contributed by atoms with Crippen LogP contribution in [0.4, 0.5) is 13.2 Å². The number of alkyl halides is 3. The van der Waals surface area contributed by atoms with E-state index < -0.39 is 18.1 Å². The molecule has 0 spiro atoms. The fourth-order valence-corrected chi connectivity index (χ4v) is 3.63. The van der Waals surface area contributed by atoms with Crippen LogP contribution in [0.3, 0.4) is 0 Å².